The van der Waals surface area contributed by atoms with Crippen LogP contribution >= 0.6 is 0 Å². The lowest BCUT2D eigenvalue weighted by atomic mass is 10.0. The molecule has 0 aliphatic carbocycles. The van der Waals surface area contributed by atoms with Crippen LogP contribution in [0, 0.1) is 0 Å². The van der Waals surface area contributed by atoms with E-state index in [0.29, 0.717) is 12.5 Å². The van der Waals surface area contributed by atoms with Crippen molar-refractivity contribution in [2.24, 2.45) is 0 Å². The van der Waals surface area contributed by atoms with E-state index >= 15 is 0 Å². The molecule has 0 unspecified atom stereocenters. The van der Waals surface area contributed by atoms with Crippen LogP contribution < -0.4 is 0 Å². The first kappa shape index (κ1) is 15.9. The van der Waals surface area contributed by atoms with Crippen LogP contribution in [0.25, 0.3) is 10.8 Å². The van der Waals surface area contributed by atoms with E-state index in [1.54, 1.807) is 6.20 Å². The molecule has 2 heterocycles. The van der Waals surface area contributed by atoms with Crippen LogP contribution in [0.4, 0.5) is 0 Å². The molecule has 3 aromatic rings. The van der Waals surface area contributed by atoms with Gasteiger partial charge in [0.1, 0.15) is 0 Å². The van der Waals surface area contributed by atoms with Gasteiger partial charge in [-0.15, -0.1) is 0 Å². The van der Waals surface area contributed by atoms with Gasteiger partial charge in [0, 0.05) is 31.9 Å². The molecule has 1 fully saturated rings. The average Bonchev–Trinajstić information content (AvgIpc) is 3.21. The summed E-state index contributed by atoms with van der Waals surface area (Å²) in [6.45, 7) is 1.68. The van der Waals surface area contributed by atoms with Crippen molar-refractivity contribution in [3.05, 3.63) is 66.7 Å². The van der Waals surface area contributed by atoms with E-state index in [2.05, 4.69) is 52.0 Å². The van der Waals surface area contributed by atoms with E-state index in [-0.39, 0.29) is 5.91 Å². The summed E-state index contributed by atoms with van der Waals surface area (Å²) < 4.78 is 2.13. The first-order valence-electron chi connectivity index (χ1n) is 9.02. The molecular weight excluding hydrogens is 310 g/mol. The fraction of sp³-hybridized carbons (Fsp3) is 0.333. The van der Waals surface area contributed by atoms with Crippen molar-refractivity contribution in [3.8, 4) is 0 Å². The molecule has 1 atom stereocenters. The zero-order chi connectivity index (χ0) is 17.1. The maximum absolute atomic E-state index is 12.7. The van der Waals surface area contributed by atoms with E-state index in [9.17, 15) is 4.79 Å². The lowest BCUT2D eigenvalue weighted by molar-refractivity contribution is -0.132. The molecule has 0 N–H and O–H groups in total. The number of benzene rings is 2. The van der Waals surface area contributed by atoms with Crippen molar-refractivity contribution in [1.29, 1.82) is 0 Å². The fourth-order valence-corrected chi connectivity index (χ4v) is 3.71. The number of fused-ring (bicyclic) bond motifs is 1. The highest BCUT2D eigenvalue weighted by Crippen LogP contribution is 2.22. The second kappa shape index (κ2) is 7.09. The number of carbonyl (C=O) groups is 1. The summed E-state index contributed by atoms with van der Waals surface area (Å²) in [4.78, 5) is 18.8. The third-order valence-electron chi connectivity index (χ3n) is 5.14. The SMILES string of the molecule is O=C(CCc1ccc2ccccc2c1)N1CCC[C@@H](n2ccnc2)C1. The van der Waals surface area contributed by atoms with Gasteiger partial charge < -0.3 is 9.47 Å². The number of rotatable bonds is 4. The van der Waals surface area contributed by atoms with Gasteiger partial charge in [0.15, 0.2) is 0 Å². The Balaban J connectivity index is 1.37. The monoisotopic (exact) mass is 333 g/mol. The van der Waals surface area contributed by atoms with E-state index in [4.69, 9.17) is 0 Å². The minimum absolute atomic E-state index is 0.262. The molecule has 4 heteroatoms. The molecule has 1 aromatic heterocycles. The predicted octanol–water partition coefficient (Wildman–Crippen LogP) is 3.83. The maximum atomic E-state index is 12.7. The summed E-state index contributed by atoms with van der Waals surface area (Å²) in [5.41, 5.74) is 1.23. The Morgan fingerprint density at radius 2 is 2.04 bits per heavy atom. The first-order valence-corrected chi connectivity index (χ1v) is 9.02. The largest absolute Gasteiger partial charge is 0.341 e. The maximum Gasteiger partial charge on any atom is 0.222 e. The normalized spacial score (nSPS) is 17.8. The first-order chi connectivity index (χ1) is 12.3. The van der Waals surface area contributed by atoms with Crippen LogP contribution in [0.1, 0.15) is 30.9 Å². The Morgan fingerprint density at radius 3 is 2.88 bits per heavy atom. The van der Waals surface area contributed by atoms with Crippen molar-refractivity contribution in [3.63, 3.8) is 0 Å². The number of likely N-dealkylation sites (tertiary alicyclic amines) is 1. The molecule has 1 aliphatic heterocycles. The van der Waals surface area contributed by atoms with Crippen molar-refractivity contribution < 1.29 is 4.79 Å². The highest BCUT2D eigenvalue weighted by Gasteiger charge is 2.24. The predicted molar refractivity (Wildman–Crippen MR) is 99.3 cm³/mol. The second-order valence-corrected chi connectivity index (χ2v) is 6.83. The van der Waals surface area contributed by atoms with Crippen molar-refractivity contribution in [2.75, 3.05) is 13.1 Å². The summed E-state index contributed by atoms with van der Waals surface area (Å²) in [5.74, 6) is 0.262. The number of nitrogens with zero attached hydrogens (tertiary/aromatic N) is 3. The second-order valence-electron chi connectivity index (χ2n) is 6.83. The summed E-state index contributed by atoms with van der Waals surface area (Å²) in [5, 5.41) is 2.49. The van der Waals surface area contributed by atoms with E-state index in [1.807, 2.05) is 17.4 Å². The lowest BCUT2D eigenvalue weighted by Crippen LogP contribution is -2.40. The minimum atomic E-state index is 0.262. The summed E-state index contributed by atoms with van der Waals surface area (Å²) in [6.07, 6.45) is 9.21. The highest BCUT2D eigenvalue weighted by atomic mass is 16.2. The van der Waals surface area contributed by atoms with Gasteiger partial charge in [-0.3, -0.25) is 4.79 Å². The van der Waals surface area contributed by atoms with Gasteiger partial charge in [-0.05, 0) is 35.6 Å². The van der Waals surface area contributed by atoms with Crippen molar-refractivity contribution >= 4 is 16.7 Å². The molecule has 25 heavy (non-hydrogen) atoms. The average molecular weight is 333 g/mol. The van der Waals surface area contributed by atoms with Crippen LogP contribution in [0.2, 0.25) is 0 Å². The third kappa shape index (κ3) is 3.58. The minimum Gasteiger partial charge on any atom is -0.341 e. The zero-order valence-electron chi connectivity index (χ0n) is 14.3. The van der Waals surface area contributed by atoms with Gasteiger partial charge in [0.2, 0.25) is 5.91 Å². The van der Waals surface area contributed by atoms with E-state index < -0.39 is 0 Å². The van der Waals surface area contributed by atoms with Crippen molar-refractivity contribution in [2.45, 2.75) is 31.7 Å². The zero-order valence-corrected chi connectivity index (χ0v) is 14.3. The molecule has 1 amide bonds. The van der Waals surface area contributed by atoms with E-state index in [0.717, 1.165) is 32.4 Å². The Labute approximate surface area is 148 Å². The number of imidazole rings is 1. The van der Waals surface area contributed by atoms with Crippen LogP contribution in [-0.2, 0) is 11.2 Å². The highest BCUT2D eigenvalue weighted by molar-refractivity contribution is 5.83. The molecule has 0 bridgehead atoms. The Bertz CT molecular complexity index is 856. The molecule has 4 nitrogen and oxygen atoms in total. The van der Waals surface area contributed by atoms with Crippen LogP contribution in [-0.4, -0.2) is 33.4 Å². The van der Waals surface area contributed by atoms with Gasteiger partial charge in [-0.2, -0.15) is 0 Å². The van der Waals surface area contributed by atoms with Crippen LogP contribution in [0.3, 0.4) is 0 Å². The number of aromatic nitrogens is 2. The summed E-state index contributed by atoms with van der Waals surface area (Å²) >= 11 is 0. The Kier molecular flexibility index (Phi) is 4.51. The smallest absolute Gasteiger partial charge is 0.222 e. The van der Waals surface area contributed by atoms with Crippen LogP contribution in [0.5, 0.6) is 0 Å². The molecule has 0 saturated carbocycles. The molecule has 2 aromatic carbocycles. The summed E-state index contributed by atoms with van der Waals surface area (Å²) in [7, 11) is 0. The third-order valence-corrected chi connectivity index (χ3v) is 5.14. The fourth-order valence-electron chi connectivity index (χ4n) is 3.71. The topological polar surface area (TPSA) is 38.1 Å². The molecular formula is C21H23N3O. The Morgan fingerprint density at radius 1 is 1.16 bits per heavy atom. The molecule has 128 valence electrons. The number of hydrogen-bond donors (Lipinski definition) is 0. The van der Waals surface area contributed by atoms with Gasteiger partial charge >= 0.3 is 0 Å². The molecule has 4 rings (SSSR count). The number of aryl methyl sites for hydroxylation is 1. The van der Waals surface area contributed by atoms with E-state index in [1.165, 1.54) is 16.3 Å². The molecule has 0 spiro atoms. The number of piperidine rings is 1. The molecule has 1 aliphatic rings. The lowest BCUT2D eigenvalue weighted by Gasteiger charge is -2.33. The number of carbonyl (C=O) groups excluding carboxylic acids is 1. The van der Waals surface area contributed by atoms with Gasteiger partial charge in [0.05, 0.1) is 12.4 Å². The molecule has 0 radical (unpaired) electrons. The van der Waals surface area contributed by atoms with Gasteiger partial charge in [-0.1, -0.05) is 42.5 Å². The number of hydrogen-bond acceptors (Lipinski definition) is 2. The van der Waals surface area contributed by atoms with Crippen LogP contribution in [0.15, 0.2) is 61.2 Å². The van der Waals surface area contributed by atoms with Gasteiger partial charge in [0.25, 0.3) is 0 Å². The quantitative estimate of drug-likeness (QED) is 0.728. The number of amides is 1. The van der Waals surface area contributed by atoms with Crippen molar-refractivity contribution in [1.82, 2.24) is 14.5 Å². The standard InChI is InChI=1S/C21H23N3O/c25-21(23-12-3-6-20(15-23)24-13-11-22-16-24)10-8-17-7-9-18-4-1-2-5-19(18)14-17/h1-2,4-5,7,9,11,13-14,16,20H,3,6,8,10,12,15H2/t20-/m1/s1. The van der Waals surface area contributed by atoms with Gasteiger partial charge in [-0.25, -0.2) is 4.98 Å². The Hall–Kier alpha value is -2.62. The molecule has 1 saturated heterocycles. The summed E-state index contributed by atoms with van der Waals surface area (Å²) in [6, 6.07) is 15.2.